The lowest BCUT2D eigenvalue weighted by Crippen LogP contribution is -2.46. The number of nitrogens with zero attached hydrogens (tertiary/aromatic N) is 1. The van der Waals surface area contributed by atoms with E-state index in [0.29, 0.717) is 19.5 Å². The van der Waals surface area contributed by atoms with Gasteiger partial charge in [0.2, 0.25) is 5.91 Å². The monoisotopic (exact) mass is 346 g/mol. The highest BCUT2D eigenvalue weighted by molar-refractivity contribution is 5.94. The van der Waals surface area contributed by atoms with Gasteiger partial charge in [0.1, 0.15) is 0 Å². The standard InChI is InChI=1S/C19H30N4O2/c1-19(2,3)16(25-5)12-22-18(20-4)21-11-13-10-17(24)23-15-9-7-6-8-14(13)15/h6-9,13,16H,10-12H2,1-5H3,(H,23,24)(H2,20,21,22). The van der Waals surface area contributed by atoms with E-state index in [1.54, 1.807) is 14.2 Å². The van der Waals surface area contributed by atoms with E-state index < -0.39 is 0 Å². The Morgan fingerprint density at radius 3 is 2.72 bits per heavy atom. The molecule has 0 bridgehead atoms. The molecule has 2 rings (SSSR count). The Morgan fingerprint density at radius 1 is 1.36 bits per heavy atom. The average molecular weight is 346 g/mol. The van der Waals surface area contributed by atoms with Crippen molar-refractivity contribution in [1.29, 1.82) is 0 Å². The number of guanidine groups is 1. The van der Waals surface area contributed by atoms with E-state index in [2.05, 4.69) is 47.8 Å². The third-order valence-electron chi connectivity index (χ3n) is 4.55. The van der Waals surface area contributed by atoms with Crippen LogP contribution in [-0.2, 0) is 9.53 Å². The molecule has 0 fully saturated rings. The fraction of sp³-hybridized carbons (Fsp3) is 0.579. The second-order valence-corrected chi connectivity index (χ2v) is 7.46. The number of ether oxygens (including phenoxy) is 1. The van der Waals surface area contributed by atoms with Crippen LogP contribution < -0.4 is 16.0 Å². The highest BCUT2D eigenvalue weighted by atomic mass is 16.5. The smallest absolute Gasteiger partial charge is 0.225 e. The van der Waals surface area contributed by atoms with Crippen LogP contribution in [0.3, 0.4) is 0 Å². The Bertz CT molecular complexity index is 622. The predicted octanol–water partition coefficient (Wildman–Crippen LogP) is 2.34. The number of aliphatic imine (C=N–C) groups is 1. The maximum absolute atomic E-state index is 11.9. The normalized spacial score (nSPS) is 19.0. The number of anilines is 1. The van der Waals surface area contributed by atoms with Crippen LogP contribution in [0.15, 0.2) is 29.3 Å². The lowest BCUT2D eigenvalue weighted by molar-refractivity contribution is -0.116. The zero-order valence-electron chi connectivity index (χ0n) is 15.8. The van der Waals surface area contributed by atoms with Gasteiger partial charge < -0.3 is 20.7 Å². The Morgan fingerprint density at radius 2 is 2.08 bits per heavy atom. The van der Waals surface area contributed by atoms with Crippen LogP contribution in [0.25, 0.3) is 0 Å². The highest BCUT2D eigenvalue weighted by Gasteiger charge is 2.26. The fourth-order valence-corrected chi connectivity index (χ4v) is 3.06. The van der Waals surface area contributed by atoms with Gasteiger partial charge in [0.15, 0.2) is 5.96 Å². The van der Waals surface area contributed by atoms with Crippen molar-refractivity contribution in [2.75, 3.05) is 32.6 Å². The number of benzene rings is 1. The molecule has 0 saturated carbocycles. The molecule has 0 spiro atoms. The van der Waals surface area contributed by atoms with E-state index in [4.69, 9.17) is 4.74 Å². The summed E-state index contributed by atoms with van der Waals surface area (Å²) in [7, 11) is 3.47. The van der Waals surface area contributed by atoms with Crippen molar-refractivity contribution in [1.82, 2.24) is 10.6 Å². The number of carbonyl (C=O) groups is 1. The molecule has 25 heavy (non-hydrogen) atoms. The third kappa shape index (κ3) is 5.19. The largest absolute Gasteiger partial charge is 0.379 e. The lowest BCUT2D eigenvalue weighted by Gasteiger charge is -2.30. The van der Waals surface area contributed by atoms with Crippen LogP contribution in [-0.4, -0.2) is 45.2 Å². The molecule has 1 aromatic carbocycles. The topological polar surface area (TPSA) is 74.8 Å². The molecule has 2 unspecified atom stereocenters. The quantitative estimate of drug-likeness (QED) is 0.565. The summed E-state index contributed by atoms with van der Waals surface area (Å²) >= 11 is 0. The van der Waals surface area contributed by atoms with Crippen molar-refractivity contribution in [3.63, 3.8) is 0 Å². The molecule has 138 valence electrons. The first-order chi connectivity index (χ1) is 11.8. The molecule has 6 nitrogen and oxygen atoms in total. The second kappa shape index (κ2) is 8.34. The van der Waals surface area contributed by atoms with Gasteiger partial charge in [-0.2, -0.15) is 0 Å². The first kappa shape index (κ1) is 19.2. The molecule has 1 heterocycles. The second-order valence-electron chi connectivity index (χ2n) is 7.46. The summed E-state index contributed by atoms with van der Waals surface area (Å²) in [4.78, 5) is 16.2. The van der Waals surface area contributed by atoms with Crippen molar-refractivity contribution in [2.45, 2.75) is 39.2 Å². The van der Waals surface area contributed by atoms with E-state index in [-0.39, 0.29) is 23.3 Å². The van der Waals surface area contributed by atoms with Gasteiger partial charge in [0.25, 0.3) is 0 Å². The first-order valence-electron chi connectivity index (χ1n) is 8.71. The zero-order valence-corrected chi connectivity index (χ0v) is 15.8. The Balaban J connectivity index is 1.94. The van der Waals surface area contributed by atoms with Crippen LogP contribution >= 0.6 is 0 Å². The lowest BCUT2D eigenvalue weighted by atomic mass is 9.89. The van der Waals surface area contributed by atoms with Gasteiger partial charge in [0, 0.05) is 45.3 Å². The van der Waals surface area contributed by atoms with Crippen molar-refractivity contribution < 1.29 is 9.53 Å². The predicted molar refractivity (Wildman–Crippen MR) is 102 cm³/mol. The number of nitrogens with one attached hydrogen (secondary N) is 3. The molecule has 0 aliphatic carbocycles. The summed E-state index contributed by atoms with van der Waals surface area (Å²) in [6.45, 7) is 7.77. The third-order valence-corrected chi connectivity index (χ3v) is 4.55. The number of hydrogen-bond acceptors (Lipinski definition) is 3. The molecule has 2 atom stereocenters. The van der Waals surface area contributed by atoms with E-state index in [1.165, 1.54) is 0 Å². The molecule has 1 aliphatic rings. The number of rotatable bonds is 5. The summed E-state index contributed by atoms with van der Waals surface area (Å²) < 4.78 is 5.57. The van der Waals surface area contributed by atoms with Crippen LogP contribution in [0.4, 0.5) is 5.69 Å². The number of methoxy groups -OCH3 is 1. The highest BCUT2D eigenvalue weighted by Crippen LogP contribution is 2.31. The number of fused-ring (bicyclic) bond motifs is 1. The van der Waals surface area contributed by atoms with Gasteiger partial charge in [-0.3, -0.25) is 9.79 Å². The zero-order chi connectivity index (χ0) is 18.4. The maximum atomic E-state index is 11.9. The average Bonchev–Trinajstić information content (AvgIpc) is 2.56. The summed E-state index contributed by atoms with van der Waals surface area (Å²) in [6.07, 6.45) is 0.552. The van der Waals surface area contributed by atoms with E-state index >= 15 is 0 Å². The molecular weight excluding hydrogens is 316 g/mol. The molecule has 6 heteroatoms. The molecule has 1 amide bonds. The van der Waals surface area contributed by atoms with Crippen molar-refractivity contribution in [3.8, 4) is 0 Å². The summed E-state index contributed by atoms with van der Waals surface area (Å²) in [5.74, 6) is 0.903. The summed E-state index contributed by atoms with van der Waals surface area (Å²) in [5, 5.41) is 9.58. The molecule has 0 saturated heterocycles. The molecule has 3 N–H and O–H groups in total. The number of carbonyl (C=O) groups excluding carboxylic acids is 1. The number of amides is 1. The molecule has 0 aromatic heterocycles. The minimum atomic E-state index is 0.0427. The number of hydrogen-bond donors (Lipinski definition) is 3. The van der Waals surface area contributed by atoms with E-state index in [1.807, 2.05) is 18.2 Å². The van der Waals surface area contributed by atoms with Gasteiger partial charge in [-0.15, -0.1) is 0 Å². The Hall–Kier alpha value is -2.08. The Kier molecular flexibility index (Phi) is 6.42. The van der Waals surface area contributed by atoms with Crippen molar-refractivity contribution in [2.24, 2.45) is 10.4 Å². The van der Waals surface area contributed by atoms with Gasteiger partial charge in [-0.1, -0.05) is 39.0 Å². The SMILES string of the molecule is CN=C(NCC1CC(=O)Nc2ccccc21)NCC(OC)C(C)(C)C. The van der Waals surface area contributed by atoms with Gasteiger partial charge >= 0.3 is 0 Å². The molecule has 1 aliphatic heterocycles. The van der Waals surface area contributed by atoms with Crippen molar-refractivity contribution in [3.05, 3.63) is 29.8 Å². The van der Waals surface area contributed by atoms with Crippen LogP contribution in [0.1, 0.15) is 38.7 Å². The minimum absolute atomic E-state index is 0.0427. The fourth-order valence-electron chi connectivity index (χ4n) is 3.06. The summed E-state index contributed by atoms with van der Waals surface area (Å²) in [6, 6.07) is 7.95. The maximum Gasteiger partial charge on any atom is 0.225 e. The van der Waals surface area contributed by atoms with Gasteiger partial charge in [-0.25, -0.2) is 0 Å². The molecule has 1 aromatic rings. The van der Waals surface area contributed by atoms with Crippen LogP contribution in [0.2, 0.25) is 0 Å². The van der Waals surface area contributed by atoms with Crippen LogP contribution in [0, 0.1) is 5.41 Å². The van der Waals surface area contributed by atoms with Gasteiger partial charge in [0.05, 0.1) is 6.10 Å². The molecule has 0 radical (unpaired) electrons. The molecular formula is C19H30N4O2. The van der Waals surface area contributed by atoms with Crippen molar-refractivity contribution >= 4 is 17.6 Å². The summed E-state index contributed by atoms with van der Waals surface area (Å²) in [5.41, 5.74) is 2.11. The number of para-hydroxylation sites is 1. The van der Waals surface area contributed by atoms with E-state index in [0.717, 1.165) is 17.2 Å². The van der Waals surface area contributed by atoms with Crippen LogP contribution in [0.5, 0.6) is 0 Å². The Labute approximate surface area is 150 Å². The van der Waals surface area contributed by atoms with Gasteiger partial charge in [-0.05, 0) is 17.0 Å². The van der Waals surface area contributed by atoms with E-state index in [9.17, 15) is 4.79 Å². The minimum Gasteiger partial charge on any atom is -0.379 e. The first-order valence-corrected chi connectivity index (χ1v) is 8.71.